The summed E-state index contributed by atoms with van der Waals surface area (Å²) in [5.74, 6) is -0.165. The largest absolute Gasteiger partial charge is 0.416 e. The van der Waals surface area contributed by atoms with Gasteiger partial charge in [0.25, 0.3) is 9.05 Å². The Morgan fingerprint density at radius 2 is 2.00 bits per heavy atom. The fourth-order valence-corrected chi connectivity index (χ4v) is 1.92. The van der Waals surface area contributed by atoms with E-state index in [9.17, 15) is 21.6 Å². The lowest BCUT2D eigenvalue weighted by Crippen LogP contribution is -2.07. The van der Waals surface area contributed by atoms with Gasteiger partial charge in [0.15, 0.2) is 5.82 Å². The first-order valence-electron chi connectivity index (χ1n) is 4.71. The van der Waals surface area contributed by atoms with Crippen molar-refractivity contribution in [2.45, 2.75) is 11.1 Å². The summed E-state index contributed by atoms with van der Waals surface area (Å²) >= 11 is 0. The Hall–Kier alpha value is -1.61. The van der Waals surface area contributed by atoms with Gasteiger partial charge in [-0.2, -0.15) is 18.3 Å². The van der Waals surface area contributed by atoms with Crippen LogP contribution in [-0.4, -0.2) is 23.2 Å². The molecular weight excluding hydrogens is 307 g/mol. The Labute approximate surface area is 110 Å². The lowest BCUT2D eigenvalue weighted by Gasteiger charge is -2.07. The summed E-state index contributed by atoms with van der Waals surface area (Å²) in [6.45, 7) is 0. The molecule has 0 amide bonds. The molecule has 0 saturated carbocycles. The summed E-state index contributed by atoms with van der Waals surface area (Å²) in [5, 5.41) is 3.60. The summed E-state index contributed by atoms with van der Waals surface area (Å²) < 4.78 is 60.4. The van der Waals surface area contributed by atoms with Crippen LogP contribution in [0.5, 0.6) is 0 Å². The number of hydrogen-bond donors (Lipinski definition) is 0. The first-order chi connectivity index (χ1) is 8.68. The number of aromatic nitrogens is 3. The third-order valence-electron chi connectivity index (χ3n) is 2.15. The van der Waals surface area contributed by atoms with Gasteiger partial charge in [-0.05, 0) is 12.1 Å². The Morgan fingerprint density at radius 1 is 1.32 bits per heavy atom. The smallest absolute Gasteiger partial charge is 0.237 e. The van der Waals surface area contributed by atoms with Gasteiger partial charge < -0.3 is 0 Å². The molecule has 0 saturated heterocycles. The minimum Gasteiger partial charge on any atom is -0.237 e. The van der Waals surface area contributed by atoms with Crippen LogP contribution in [0.1, 0.15) is 5.56 Å². The van der Waals surface area contributed by atoms with E-state index in [1.165, 1.54) is 0 Å². The molecule has 2 aromatic rings. The summed E-state index contributed by atoms with van der Waals surface area (Å²) in [7, 11) is 1.09. The minimum atomic E-state index is -4.52. The fraction of sp³-hybridized carbons (Fsp3) is 0.111. The Morgan fingerprint density at radius 3 is 2.53 bits per heavy atom. The topological polar surface area (TPSA) is 64.8 Å². The van der Waals surface area contributed by atoms with E-state index in [1.54, 1.807) is 0 Å². The van der Waals surface area contributed by atoms with Gasteiger partial charge in [0.2, 0.25) is 0 Å². The van der Waals surface area contributed by atoms with E-state index < -0.39 is 20.8 Å². The summed E-state index contributed by atoms with van der Waals surface area (Å²) in [5.41, 5.74) is -0.914. The number of alkyl halides is 3. The second-order valence-corrected chi connectivity index (χ2v) is 6.02. The fourth-order valence-electron chi connectivity index (χ4n) is 1.28. The van der Waals surface area contributed by atoms with E-state index in [0.717, 1.165) is 35.4 Å². The number of nitrogens with zero attached hydrogens (tertiary/aromatic N) is 3. The molecule has 0 aliphatic heterocycles. The van der Waals surface area contributed by atoms with Gasteiger partial charge >= 0.3 is 6.18 Å². The van der Waals surface area contributed by atoms with Crippen molar-refractivity contribution in [2.24, 2.45) is 0 Å². The first kappa shape index (κ1) is 13.8. The monoisotopic (exact) mass is 311 g/mol. The third kappa shape index (κ3) is 3.04. The number of hydrogen-bond acceptors (Lipinski definition) is 4. The molecule has 5 nitrogen and oxygen atoms in total. The van der Waals surface area contributed by atoms with Crippen LogP contribution in [0, 0.1) is 0 Å². The molecule has 0 fully saturated rings. The number of halogens is 4. The van der Waals surface area contributed by atoms with Gasteiger partial charge in [-0.15, -0.1) is 0 Å². The van der Waals surface area contributed by atoms with Crippen LogP contribution in [0.15, 0.2) is 35.6 Å². The van der Waals surface area contributed by atoms with Gasteiger partial charge in [0, 0.05) is 16.9 Å². The molecule has 0 unspecified atom stereocenters. The number of pyridine rings is 1. The van der Waals surface area contributed by atoms with Crippen LogP contribution in [-0.2, 0) is 15.2 Å². The van der Waals surface area contributed by atoms with Crippen molar-refractivity contribution >= 4 is 19.7 Å². The normalized spacial score (nSPS) is 12.6. The van der Waals surface area contributed by atoms with Crippen LogP contribution in [0.3, 0.4) is 0 Å². The molecule has 0 radical (unpaired) electrons. The summed E-state index contributed by atoms with van der Waals surface area (Å²) in [6, 6.07) is 1.55. The van der Waals surface area contributed by atoms with E-state index in [2.05, 4.69) is 10.1 Å². The van der Waals surface area contributed by atoms with Gasteiger partial charge in [0.1, 0.15) is 4.90 Å². The molecule has 102 valence electrons. The lowest BCUT2D eigenvalue weighted by atomic mass is 10.2. The van der Waals surface area contributed by atoms with Gasteiger partial charge in [-0.25, -0.2) is 18.1 Å². The highest BCUT2D eigenvalue weighted by atomic mass is 35.7. The third-order valence-corrected chi connectivity index (χ3v) is 3.46. The van der Waals surface area contributed by atoms with Crippen molar-refractivity contribution in [1.29, 1.82) is 0 Å². The van der Waals surface area contributed by atoms with Crippen LogP contribution in [0.4, 0.5) is 13.2 Å². The highest BCUT2D eigenvalue weighted by Crippen LogP contribution is 2.29. The van der Waals surface area contributed by atoms with Crippen molar-refractivity contribution in [3.8, 4) is 5.82 Å². The predicted molar refractivity (Wildman–Crippen MR) is 59.4 cm³/mol. The summed E-state index contributed by atoms with van der Waals surface area (Å²) in [4.78, 5) is 3.36. The van der Waals surface area contributed by atoms with E-state index in [0.29, 0.717) is 0 Å². The quantitative estimate of drug-likeness (QED) is 0.798. The molecule has 19 heavy (non-hydrogen) atoms. The second-order valence-electron chi connectivity index (χ2n) is 3.46. The zero-order valence-electron chi connectivity index (χ0n) is 8.96. The molecular formula is C9H5ClF3N3O2S. The first-order valence-corrected chi connectivity index (χ1v) is 7.02. The SMILES string of the molecule is O=S(=O)(Cl)c1cnn(-c2cc(C(F)(F)F)ccn2)c1. The lowest BCUT2D eigenvalue weighted by molar-refractivity contribution is -0.137. The van der Waals surface area contributed by atoms with Crippen LogP contribution < -0.4 is 0 Å². The van der Waals surface area contributed by atoms with Gasteiger partial charge in [-0.1, -0.05) is 0 Å². The van der Waals surface area contributed by atoms with Crippen LogP contribution in [0.25, 0.3) is 5.82 Å². The standard InChI is InChI=1S/C9H5ClF3N3O2S/c10-19(17,18)7-4-15-16(5-7)8-3-6(1-2-14-8)9(11,12)13/h1-5H. The second kappa shape index (κ2) is 4.49. The number of rotatable bonds is 2. The van der Waals surface area contributed by atoms with Crippen molar-refractivity contribution in [3.05, 3.63) is 36.3 Å². The van der Waals surface area contributed by atoms with Gasteiger partial charge in [-0.3, -0.25) is 0 Å². The Bertz CT molecular complexity index is 711. The molecule has 0 aromatic carbocycles. The molecule has 2 rings (SSSR count). The highest BCUT2D eigenvalue weighted by molar-refractivity contribution is 8.13. The van der Waals surface area contributed by atoms with E-state index in [4.69, 9.17) is 10.7 Å². The molecule has 0 spiro atoms. The molecule has 10 heteroatoms. The van der Waals surface area contributed by atoms with Gasteiger partial charge in [0.05, 0.1) is 18.0 Å². The van der Waals surface area contributed by atoms with E-state index in [1.807, 2.05) is 0 Å². The molecule has 2 aromatic heterocycles. The zero-order valence-corrected chi connectivity index (χ0v) is 10.5. The average molecular weight is 312 g/mol. The Kier molecular flexibility index (Phi) is 3.27. The molecule has 0 aliphatic carbocycles. The summed E-state index contributed by atoms with van der Waals surface area (Å²) in [6.07, 6.45) is -1.67. The van der Waals surface area contributed by atoms with Crippen molar-refractivity contribution < 1.29 is 21.6 Å². The average Bonchev–Trinajstić information content (AvgIpc) is 2.77. The molecule has 0 bridgehead atoms. The van der Waals surface area contributed by atoms with Crippen LogP contribution in [0.2, 0.25) is 0 Å². The molecule has 2 heterocycles. The van der Waals surface area contributed by atoms with Crippen molar-refractivity contribution in [1.82, 2.24) is 14.8 Å². The molecule has 0 N–H and O–H groups in total. The minimum absolute atomic E-state index is 0.165. The maximum atomic E-state index is 12.5. The van der Waals surface area contributed by atoms with Crippen LogP contribution >= 0.6 is 10.7 Å². The Balaban J connectivity index is 2.46. The molecule has 0 atom stereocenters. The predicted octanol–water partition coefficient (Wildman–Crippen LogP) is 2.21. The van der Waals surface area contributed by atoms with Crippen molar-refractivity contribution in [2.75, 3.05) is 0 Å². The zero-order chi connectivity index (χ0) is 14.3. The van der Waals surface area contributed by atoms with Crippen molar-refractivity contribution in [3.63, 3.8) is 0 Å². The van der Waals surface area contributed by atoms with E-state index >= 15 is 0 Å². The maximum absolute atomic E-state index is 12.5. The maximum Gasteiger partial charge on any atom is 0.416 e. The van der Waals surface area contributed by atoms with E-state index in [-0.39, 0.29) is 10.7 Å². The molecule has 0 aliphatic rings. The highest BCUT2D eigenvalue weighted by Gasteiger charge is 2.31.